The van der Waals surface area contributed by atoms with E-state index in [0.29, 0.717) is 47.9 Å². The third-order valence-electron chi connectivity index (χ3n) is 5.32. The highest BCUT2D eigenvalue weighted by atomic mass is 16.5. The predicted molar refractivity (Wildman–Crippen MR) is 115 cm³/mol. The topological polar surface area (TPSA) is 114 Å². The number of anilines is 1. The summed E-state index contributed by atoms with van der Waals surface area (Å²) in [7, 11) is 4.72. The van der Waals surface area contributed by atoms with Gasteiger partial charge in [-0.05, 0) is 12.1 Å². The summed E-state index contributed by atoms with van der Waals surface area (Å²) in [5, 5.41) is 3.04. The van der Waals surface area contributed by atoms with Crippen molar-refractivity contribution in [2.45, 2.75) is 12.6 Å². The predicted octanol–water partition coefficient (Wildman–Crippen LogP) is 2.51. The van der Waals surface area contributed by atoms with E-state index >= 15 is 0 Å². The first kappa shape index (κ1) is 19.2. The fourth-order valence-corrected chi connectivity index (χ4v) is 3.96. The van der Waals surface area contributed by atoms with Gasteiger partial charge in [0.15, 0.2) is 35.1 Å². The third-order valence-corrected chi connectivity index (χ3v) is 5.32. The van der Waals surface area contributed by atoms with Gasteiger partial charge in [0, 0.05) is 24.1 Å². The van der Waals surface area contributed by atoms with Gasteiger partial charge >= 0.3 is 0 Å². The molecular weight excluding hydrogens is 402 g/mol. The van der Waals surface area contributed by atoms with Crippen molar-refractivity contribution in [3.63, 3.8) is 0 Å². The Balaban J connectivity index is 1.73. The van der Waals surface area contributed by atoms with Crippen LogP contribution in [0.15, 0.2) is 29.3 Å². The Labute approximate surface area is 178 Å². The van der Waals surface area contributed by atoms with Crippen LogP contribution in [0.25, 0.3) is 11.0 Å². The zero-order valence-corrected chi connectivity index (χ0v) is 17.5. The van der Waals surface area contributed by atoms with Crippen molar-refractivity contribution in [2.24, 2.45) is 10.7 Å². The number of aliphatic imine (C=N–C) groups is 1. The number of hydrogen-bond acceptors (Lipinski definition) is 9. The monoisotopic (exact) mass is 425 g/mol. The van der Waals surface area contributed by atoms with E-state index in [4.69, 9.17) is 34.4 Å². The first-order chi connectivity index (χ1) is 15.1. The highest BCUT2D eigenvalue weighted by Crippen LogP contribution is 2.46. The lowest BCUT2D eigenvalue weighted by Crippen LogP contribution is -2.31. The zero-order chi connectivity index (χ0) is 21.5. The van der Waals surface area contributed by atoms with Gasteiger partial charge in [0.25, 0.3) is 0 Å². The molecular formula is C21H23N5O5. The Bertz CT molecular complexity index is 1190. The SMILES string of the molecule is COc1ccc([C@@H]2N=C(N)Nc3nc4cc5c(cc4n32)OCCCO5)c(OC)c1OC. The van der Waals surface area contributed by atoms with Crippen LogP contribution >= 0.6 is 0 Å². The minimum absolute atomic E-state index is 0.249. The molecule has 0 aliphatic carbocycles. The summed E-state index contributed by atoms with van der Waals surface area (Å²) in [6, 6.07) is 7.49. The number of fused-ring (bicyclic) bond motifs is 4. The van der Waals surface area contributed by atoms with Crippen LogP contribution < -0.4 is 34.7 Å². The molecule has 0 spiro atoms. The number of methoxy groups -OCH3 is 3. The van der Waals surface area contributed by atoms with E-state index in [1.807, 2.05) is 28.8 Å². The number of nitrogens with one attached hydrogen (secondary N) is 1. The van der Waals surface area contributed by atoms with E-state index in [9.17, 15) is 0 Å². The minimum Gasteiger partial charge on any atom is -0.493 e. The van der Waals surface area contributed by atoms with E-state index in [-0.39, 0.29) is 5.96 Å². The second-order valence-corrected chi connectivity index (χ2v) is 7.08. The van der Waals surface area contributed by atoms with Gasteiger partial charge in [0.1, 0.15) is 0 Å². The van der Waals surface area contributed by atoms with Crippen molar-refractivity contribution in [2.75, 3.05) is 39.9 Å². The minimum atomic E-state index is -0.541. The molecule has 0 saturated carbocycles. The molecule has 162 valence electrons. The van der Waals surface area contributed by atoms with E-state index in [1.54, 1.807) is 21.3 Å². The maximum Gasteiger partial charge on any atom is 0.212 e. The molecule has 0 fully saturated rings. The molecule has 0 radical (unpaired) electrons. The quantitative estimate of drug-likeness (QED) is 0.655. The van der Waals surface area contributed by atoms with Crippen molar-refractivity contribution in [1.82, 2.24) is 9.55 Å². The molecule has 0 unspecified atom stereocenters. The van der Waals surface area contributed by atoms with E-state index in [1.165, 1.54) is 0 Å². The number of ether oxygens (including phenoxy) is 5. The van der Waals surface area contributed by atoms with Crippen LogP contribution in [0.1, 0.15) is 18.2 Å². The zero-order valence-electron chi connectivity index (χ0n) is 17.5. The van der Waals surface area contributed by atoms with Gasteiger partial charge < -0.3 is 29.4 Å². The summed E-state index contributed by atoms with van der Waals surface area (Å²) < 4.78 is 30.3. The lowest BCUT2D eigenvalue weighted by atomic mass is 10.1. The molecule has 2 aliphatic heterocycles. The average Bonchev–Trinajstić information content (AvgIpc) is 2.96. The molecule has 10 nitrogen and oxygen atoms in total. The Hall–Kier alpha value is -3.82. The smallest absolute Gasteiger partial charge is 0.212 e. The molecule has 0 saturated heterocycles. The molecule has 3 N–H and O–H groups in total. The van der Waals surface area contributed by atoms with Crippen molar-refractivity contribution in [3.8, 4) is 28.7 Å². The van der Waals surface area contributed by atoms with E-state index in [0.717, 1.165) is 23.0 Å². The molecule has 1 aromatic heterocycles. The van der Waals surface area contributed by atoms with Crippen LogP contribution in [0.5, 0.6) is 28.7 Å². The number of rotatable bonds is 4. The van der Waals surface area contributed by atoms with Gasteiger partial charge in [-0.25, -0.2) is 9.98 Å². The van der Waals surface area contributed by atoms with Gasteiger partial charge in [0.05, 0.1) is 45.6 Å². The standard InChI is InChI=1S/C21H23N5O5/c1-27-14-6-5-11(17(28-2)18(14)29-3)19-24-20(22)25-21-23-12-9-15-16(10-13(12)26(19)21)31-8-4-7-30-15/h5-6,9-10,19H,4,7-8H2,1-3H3,(H3,22,23,24,25)/t19-/m1/s1. The first-order valence-electron chi connectivity index (χ1n) is 9.85. The van der Waals surface area contributed by atoms with Crippen LogP contribution in [0.3, 0.4) is 0 Å². The first-order valence-corrected chi connectivity index (χ1v) is 9.85. The number of nitrogens with zero attached hydrogens (tertiary/aromatic N) is 3. The van der Waals surface area contributed by atoms with Crippen molar-refractivity contribution >= 4 is 22.9 Å². The summed E-state index contributed by atoms with van der Waals surface area (Å²) in [4.78, 5) is 9.35. The van der Waals surface area contributed by atoms with Gasteiger partial charge in [-0.3, -0.25) is 9.88 Å². The van der Waals surface area contributed by atoms with E-state index < -0.39 is 6.17 Å². The fraction of sp³-hybridized carbons (Fsp3) is 0.333. The molecule has 0 bridgehead atoms. The second-order valence-electron chi connectivity index (χ2n) is 7.08. The van der Waals surface area contributed by atoms with Crippen LogP contribution in [0.4, 0.5) is 5.95 Å². The van der Waals surface area contributed by atoms with Crippen molar-refractivity contribution in [3.05, 3.63) is 29.8 Å². The number of aromatic nitrogens is 2. The Kier molecular flexibility index (Phi) is 4.61. The van der Waals surface area contributed by atoms with Crippen LogP contribution in [-0.2, 0) is 0 Å². The summed E-state index contributed by atoms with van der Waals surface area (Å²) in [5.41, 5.74) is 8.41. The lowest BCUT2D eigenvalue weighted by Gasteiger charge is -2.26. The van der Waals surface area contributed by atoms with Gasteiger partial charge in [-0.2, -0.15) is 0 Å². The Morgan fingerprint density at radius 2 is 1.77 bits per heavy atom. The molecule has 0 amide bonds. The highest BCUT2D eigenvalue weighted by molar-refractivity contribution is 5.95. The largest absolute Gasteiger partial charge is 0.493 e. The van der Waals surface area contributed by atoms with Crippen LogP contribution in [-0.4, -0.2) is 50.1 Å². The number of nitrogens with two attached hydrogens (primary N) is 1. The molecule has 2 aromatic carbocycles. The Morgan fingerprint density at radius 3 is 2.48 bits per heavy atom. The lowest BCUT2D eigenvalue weighted by molar-refractivity contribution is 0.297. The summed E-state index contributed by atoms with van der Waals surface area (Å²) in [5.74, 6) is 3.70. The van der Waals surface area contributed by atoms with Gasteiger partial charge in [-0.15, -0.1) is 0 Å². The average molecular weight is 425 g/mol. The van der Waals surface area contributed by atoms with E-state index in [2.05, 4.69) is 10.3 Å². The molecule has 3 heterocycles. The number of hydrogen-bond donors (Lipinski definition) is 2. The van der Waals surface area contributed by atoms with Crippen LogP contribution in [0.2, 0.25) is 0 Å². The Morgan fingerprint density at radius 1 is 1.03 bits per heavy atom. The van der Waals surface area contributed by atoms with Crippen molar-refractivity contribution < 1.29 is 23.7 Å². The summed E-state index contributed by atoms with van der Waals surface area (Å²) >= 11 is 0. The summed E-state index contributed by atoms with van der Waals surface area (Å²) in [6.07, 6.45) is 0.284. The van der Waals surface area contributed by atoms with Gasteiger partial charge in [0.2, 0.25) is 11.7 Å². The molecule has 5 rings (SSSR count). The molecule has 10 heteroatoms. The van der Waals surface area contributed by atoms with Crippen LogP contribution in [0, 0.1) is 0 Å². The van der Waals surface area contributed by atoms with Gasteiger partial charge in [-0.1, -0.05) is 0 Å². The van der Waals surface area contributed by atoms with Crippen molar-refractivity contribution in [1.29, 1.82) is 0 Å². The molecule has 3 aromatic rings. The molecule has 31 heavy (non-hydrogen) atoms. The highest BCUT2D eigenvalue weighted by Gasteiger charge is 2.30. The second kappa shape index (κ2) is 7.46. The summed E-state index contributed by atoms with van der Waals surface area (Å²) in [6.45, 7) is 1.20. The molecule has 1 atom stereocenters. The maximum absolute atomic E-state index is 6.10. The fourth-order valence-electron chi connectivity index (χ4n) is 3.96. The number of guanidine groups is 1. The maximum atomic E-state index is 6.10. The third kappa shape index (κ3) is 3.02. The molecule has 2 aliphatic rings. The number of benzene rings is 2. The normalized spacial score (nSPS) is 17.3. The number of imidazole rings is 1.